The van der Waals surface area contributed by atoms with E-state index in [4.69, 9.17) is 27.9 Å². The summed E-state index contributed by atoms with van der Waals surface area (Å²) in [6.45, 7) is 4.82. The molecular weight excluding hydrogens is 209 g/mol. The first kappa shape index (κ1) is 13.5. The van der Waals surface area contributed by atoms with Crippen molar-refractivity contribution < 1.29 is 4.74 Å². The van der Waals surface area contributed by atoms with E-state index in [-0.39, 0.29) is 11.6 Å². The van der Waals surface area contributed by atoms with Crippen LogP contribution in [0, 0.1) is 0 Å². The standard InChI is InChI=1S/C9H19Cl2NO/c1-4-9(6-10,7-11)12-8(2)5-13-3/h8,12H,4-7H2,1-3H3. The van der Waals surface area contributed by atoms with Gasteiger partial charge in [0, 0.05) is 30.5 Å². The Morgan fingerprint density at radius 1 is 1.38 bits per heavy atom. The summed E-state index contributed by atoms with van der Waals surface area (Å²) in [7, 11) is 1.69. The number of methoxy groups -OCH3 is 1. The van der Waals surface area contributed by atoms with Crippen LogP contribution in [0.1, 0.15) is 20.3 Å². The molecular formula is C9H19Cl2NO. The van der Waals surface area contributed by atoms with Crippen molar-refractivity contribution in [2.75, 3.05) is 25.5 Å². The van der Waals surface area contributed by atoms with Crippen molar-refractivity contribution in [2.24, 2.45) is 0 Å². The minimum absolute atomic E-state index is 0.152. The fourth-order valence-corrected chi connectivity index (χ4v) is 2.04. The molecule has 1 unspecified atom stereocenters. The minimum Gasteiger partial charge on any atom is -0.383 e. The molecule has 0 aliphatic carbocycles. The summed E-state index contributed by atoms with van der Waals surface area (Å²) in [6.07, 6.45) is 0.925. The van der Waals surface area contributed by atoms with Gasteiger partial charge in [-0.3, -0.25) is 0 Å². The second-order valence-corrected chi connectivity index (χ2v) is 3.94. The van der Waals surface area contributed by atoms with Crippen molar-refractivity contribution >= 4 is 23.2 Å². The zero-order valence-corrected chi connectivity index (χ0v) is 10.1. The molecule has 0 saturated carbocycles. The highest BCUT2D eigenvalue weighted by Crippen LogP contribution is 2.15. The highest BCUT2D eigenvalue weighted by atomic mass is 35.5. The molecule has 13 heavy (non-hydrogen) atoms. The lowest BCUT2D eigenvalue weighted by Crippen LogP contribution is -2.53. The molecule has 1 atom stereocenters. The first-order valence-electron chi connectivity index (χ1n) is 4.52. The van der Waals surface area contributed by atoms with Gasteiger partial charge >= 0.3 is 0 Å². The Hall–Kier alpha value is 0.500. The van der Waals surface area contributed by atoms with Crippen LogP contribution in [0.2, 0.25) is 0 Å². The van der Waals surface area contributed by atoms with Gasteiger partial charge in [0.15, 0.2) is 0 Å². The monoisotopic (exact) mass is 227 g/mol. The molecule has 0 fully saturated rings. The lowest BCUT2D eigenvalue weighted by molar-refractivity contribution is 0.157. The molecule has 0 spiro atoms. The van der Waals surface area contributed by atoms with Gasteiger partial charge < -0.3 is 10.1 Å². The molecule has 0 heterocycles. The van der Waals surface area contributed by atoms with Crippen molar-refractivity contribution in [1.29, 1.82) is 0 Å². The number of ether oxygens (including phenoxy) is 1. The minimum atomic E-state index is -0.152. The Labute approximate surface area is 90.9 Å². The third-order valence-corrected chi connectivity index (χ3v) is 3.18. The molecule has 0 aromatic rings. The molecule has 80 valence electrons. The Balaban J connectivity index is 4.07. The summed E-state index contributed by atoms with van der Waals surface area (Å²) in [5.74, 6) is 1.06. The predicted molar refractivity (Wildman–Crippen MR) is 58.9 cm³/mol. The fraction of sp³-hybridized carbons (Fsp3) is 1.00. The van der Waals surface area contributed by atoms with Gasteiger partial charge in [-0.2, -0.15) is 0 Å². The van der Waals surface area contributed by atoms with Crippen LogP contribution in [0.25, 0.3) is 0 Å². The maximum atomic E-state index is 5.88. The molecule has 0 amide bonds. The lowest BCUT2D eigenvalue weighted by atomic mass is 10.0. The second kappa shape index (κ2) is 6.88. The van der Waals surface area contributed by atoms with Crippen molar-refractivity contribution in [2.45, 2.75) is 31.8 Å². The van der Waals surface area contributed by atoms with E-state index >= 15 is 0 Å². The Bertz CT molecular complexity index is 121. The first-order valence-corrected chi connectivity index (χ1v) is 5.59. The summed E-state index contributed by atoms with van der Waals surface area (Å²) in [5.41, 5.74) is -0.152. The molecule has 2 nitrogen and oxygen atoms in total. The van der Waals surface area contributed by atoms with Gasteiger partial charge in [0.2, 0.25) is 0 Å². The molecule has 0 radical (unpaired) electrons. The van der Waals surface area contributed by atoms with Crippen LogP contribution in [0.4, 0.5) is 0 Å². The maximum absolute atomic E-state index is 5.88. The number of rotatable bonds is 7. The van der Waals surface area contributed by atoms with E-state index in [0.717, 1.165) is 6.42 Å². The molecule has 0 aliphatic heterocycles. The predicted octanol–water partition coefficient (Wildman–Crippen LogP) is 2.24. The summed E-state index contributed by atoms with van der Waals surface area (Å²) in [6, 6.07) is 0.280. The van der Waals surface area contributed by atoms with Gasteiger partial charge in [-0.25, -0.2) is 0 Å². The van der Waals surface area contributed by atoms with E-state index in [2.05, 4.69) is 19.2 Å². The first-order chi connectivity index (χ1) is 6.14. The van der Waals surface area contributed by atoms with Gasteiger partial charge in [-0.1, -0.05) is 6.92 Å². The van der Waals surface area contributed by atoms with Crippen LogP contribution in [0.15, 0.2) is 0 Å². The average Bonchev–Trinajstić information content (AvgIpc) is 2.15. The molecule has 0 rings (SSSR count). The van der Waals surface area contributed by atoms with Gasteiger partial charge in [-0.15, -0.1) is 23.2 Å². The van der Waals surface area contributed by atoms with E-state index in [1.165, 1.54) is 0 Å². The second-order valence-electron chi connectivity index (χ2n) is 3.40. The van der Waals surface area contributed by atoms with Crippen LogP contribution in [-0.2, 0) is 4.74 Å². The number of alkyl halides is 2. The average molecular weight is 228 g/mol. The van der Waals surface area contributed by atoms with Crippen molar-refractivity contribution in [3.05, 3.63) is 0 Å². The number of hydrogen-bond donors (Lipinski definition) is 1. The largest absolute Gasteiger partial charge is 0.383 e. The van der Waals surface area contributed by atoms with E-state index in [1.54, 1.807) is 7.11 Å². The zero-order chi connectivity index (χ0) is 10.3. The van der Waals surface area contributed by atoms with E-state index in [9.17, 15) is 0 Å². The third-order valence-electron chi connectivity index (χ3n) is 2.16. The van der Waals surface area contributed by atoms with Gasteiger partial charge in [0.05, 0.1) is 6.61 Å². The van der Waals surface area contributed by atoms with Crippen molar-refractivity contribution in [3.8, 4) is 0 Å². The number of halogens is 2. The van der Waals surface area contributed by atoms with Gasteiger partial charge in [-0.05, 0) is 13.3 Å². The Kier molecular flexibility index (Phi) is 7.15. The smallest absolute Gasteiger partial charge is 0.0613 e. The van der Waals surface area contributed by atoms with Gasteiger partial charge in [0.25, 0.3) is 0 Å². The fourth-order valence-electron chi connectivity index (χ4n) is 1.22. The number of hydrogen-bond acceptors (Lipinski definition) is 2. The SMILES string of the molecule is CCC(CCl)(CCl)NC(C)COC. The Morgan fingerprint density at radius 2 is 1.92 bits per heavy atom. The molecule has 0 saturated heterocycles. The highest BCUT2D eigenvalue weighted by molar-refractivity contribution is 6.22. The Morgan fingerprint density at radius 3 is 2.23 bits per heavy atom. The van der Waals surface area contributed by atoms with Crippen LogP contribution in [0.3, 0.4) is 0 Å². The van der Waals surface area contributed by atoms with Crippen LogP contribution in [-0.4, -0.2) is 37.1 Å². The summed E-state index contributed by atoms with van der Waals surface area (Å²) in [4.78, 5) is 0. The van der Waals surface area contributed by atoms with Crippen LogP contribution < -0.4 is 5.32 Å². The normalized spacial score (nSPS) is 14.5. The zero-order valence-electron chi connectivity index (χ0n) is 8.57. The molecule has 4 heteroatoms. The van der Waals surface area contributed by atoms with E-state index < -0.39 is 0 Å². The topological polar surface area (TPSA) is 21.3 Å². The maximum Gasteiger partial charge on any atom is 0.0613 e. The third kappa shape index (κ3) is 4.50. The summed E-state index contributed by atoms with van der Waals surface area (Å²) in [5, 5.41) is 3.39. The number of nitrogens with one attached hydrogen (secondary N) is 1. The molecule has 0 aromatic heterocycles. The van der Waals surface area contributed by atoms with Crippen molar-refractivity contribution in [3.63, 3.8) is 0 Å². The van der Waals surface area contributed by atoms with E-state index in [0.29, 0.717) is 18.4 Å². The molecule has 0 bridgehead atoms. The highest BCUT2D eigenvalue weighted by Gasteiger charge is 2.27. The van der Waals surface area contributed by atoms with Crippen LogP contribution >= 0.6 is 23.2 Å². The van der Waals surface area contributed by atoms with Gasteiger partial charge in [0.1, 0.15) is 0 Å². The molecule has 1 N–H and O–H groups in total. The van der Waals surface area contributed by atoms with Crippen molar-refractivity contribution in [1.82, 2.24) is 5.32 Å². The van der Waals surface area contributed by atoms with Crippen LogP contribution in [0.5, 0.6) is 0 Å². The summed E-state index contributed by atoms with van der Waals surface area (Å²) >= 11 is 11.8. The quantitative estimate of drug-likeness (QED) is 0.675. The molecule has 0 aromatic carbocycles. The molecule has 0 aliphatic rings. The van der Waals surface area contributed by atoms with E-state index in [1.807, 2.05) is 0 Å². The summed E-state index contributed by atoms with van der Waals surface area (Å²) < 4.78 is 5.03. The lowest BCUT2D eigenvalue weighted by Gasteiger charge is -2.32.